The Bertz CT molecular complexity index is 295. The molecule has 0 bridgehead atoms. The van der Waals surface area contributed by atoms with Gasteiger partial charge in [-0.3, -0.25) is 0 Å². The van der Waals surface area contributed by atoms with Crippen LogP contribution in [0.25, 0.3) is 0 Å². The normalized spacial score (nSPS) is 18.6. The summed E-state index contributed by atoms with van der Waals surface area (Å²) >= 11 is 0. The minimum absolute atomic E-state index is 0.0993. The van der Waals surface area contributed by atoms with Gasteiger partial charge in [0.1, 0.15) is 6.04 Å². The Morgan fingerprint density at radius 3 is 2.39 bits per heavy atom. The van der Waals surface area contributed by atoms with E-state index >= 15 is 0 Å². The molecular formula is C13H24N2O3. The molecule has 3 N–H and O–H groups in total. The van der Waals surface area contributed by atoms with E-state index in [9.17, 15) is 9.59 Å². The number of carboxylic acid groups (broad SMARTS) is 1. The molecule has 5 heteroatoms. The number of nitrogens with one attached hydrogen (secondary N) is 2. The number of rotatable bonds is 7. The van der Waals surface area contributed by atoms with Crippen molar-refractivity contribution in [1.82, 2.24) is 10.6 Å². The van der Waals surface area contributed by atoms with Gasteiger partial charge >= 0.3 is 12.0 Å². The molecule has 5 nitrogen and oxygen atoms in total. The van der Waals surface area contributed by atoms with Crippen molar-refractivity contribution < 1.29 is 14.7 Å². The number of carbonyl (C=O) groups is 2. The van der Waals surface area contributed by atoms with Crippen molar-refractivity contribution in [3.63, 3.8) is 0 Å². The van der Waals surface area contributed by atoms with Gasteiger partial charge in [0.2, 0.25) is 0 Å². The summed E-state index contributed by atoms with van der Waals surface area (Å²) in [6, 6.07) is -1.13. The predicted octanol–water partition coefficient (Wildman–Crippen LogP) is 2.26. The van der Waals surface area contributed by atoms with Crippen LogP contribution in [0.2, 0.25) is 0 Å². The van der Waals surface area contributed by atoms with Crippen LogP contribution in [0.5, 0.6) is 0 Å². The Morgan fingerprint density at radius 2 is 2.00 bits per heavy atom. The van der Waals surface area contributed by atoms with Crippen LogP contribution in [0, 0.1) is 0 Å². The maximum atomic E-state index is 11.8. The SMILES string of the molecule is CCCC[C@H](NC(=O)NC1(CC)CCC1)C(=O)O. The summed E-state index contributed by atoms with van der Waals surface area (Å²) < 4.78 is 0. The average Bonchev–Trinajstić information content (AvgIpc) is 2.28. The van der Waals surface area contributed by atoms with E-state index in [4.69, 9.17) is 5.11 Å². The summed E-state index contributed by atoms with van der Waals surface area (Å²) in [7, 11) is 0. The molecule has 1 aliphatic carbocycles. The highest BCUT2D eigenvalue weighted by molar-refractivity contribution is 5.82. The molecular weight excluding hydrogens is 232 g/mol. The lowest BCUT2D eigenvalue weighted by Gasteiger charge is -2.42. The van der Waals surface area contributed by atoms with Gasteiger partial charge in [-0.2, -0.15) is 0 Å². The Hall–Kier alpha value is -1.26. The molecule has 0 aromatic carbocycles. The minimum atomic E-state index is -0.960. The number of unbranched alkanes of at least 4 members (excludes halogenated alkanes) is 1. The molecule has 0 aliphatic heterocycles. The standard InChI is InChI=1S/C13H24N2O3/c1-3-5-7-10(11(16)17)14-12(18)15-13(4-2)8-6-9-13/h10H,3-9H2,1-2H3,(H,16,17)(H2,14,15,18)/t10-/m0/s1. The van der Waals surface area contributed by atoms with Crippen LogP contribution in [0.4, 0.5) is 4.79 Å². The van der Waals surface area contributed by atoms with Crippen LogP contribution in [0.3, 0.4) is 0 Å². The van der Waals surface area contributed by atoms with Crippen LogP contribution in [-0.4, -0.2) is 28.7 Å². The smallest absolute Gasteiger partial charge is 0.326 e. The second-order valence-electron chi connectivity index (χ2n) is 5.12. The zero-order valence-electron chi connectivity index (χ0n) is 11.3. The van der Waals surface area contributed by atoms with Gasteiger partial charge in [-0.05, 0) is 32.1 Å². The summed E-state index contributed by atoms with van der Waals surface area (Å²) in [4.78, 5) is 22.8. The van der Waals surface area contributed by atoms with Crippen LogP contribution < -0.4 is 10.6 Å². The monoisotopic (exact) mass is 256 g/mol. The van der Waals surface area contributed by atoms with E-state index in [0.29, 0.717) is 6.42 Å². The van der Waals surface area contributed by atoms with Gasteiger partial charge in [0.15, 0.2) is 0 Å². The van der Waals surface area contributed by atoms with Gasteiger partial charge in [-0.1, -0.05) is 26.7 Å². The first-order valence-electron chi connectivity index (χ1n) is 6.84. The van der Waals surface area contributed by atoms with Crippen molar-refractivity contribution in [2.75, 3.05) is 0 Å². The highest BCUT2D eigenvalue weighted by Gasteiger charge is 2.37. The van der Waals surface area contributed by atoms with E-state index in [1.807, 2.05) is 13.8 Å². The fourth-order valence-electron chi connectivity index (χ4n) is 2.27. The van der Waals surface area contributed by atoms with Crippen molar-refractivity contribution in [3.8, 4) is 0 Å². The number of hydrogen-bond donors (Lipinski definition) is 3. The Labute approximate surface area is 108 Å². The van der Waals surface area contributed by atoms with E-state index in [0.717, 1.165) is 38.5 Å². The summed E-state index contributed by atoms with van der Waals surface area (Å²) in [6.45, 7) is 4.05. The molecule has 104 valence electrons. The number of hydrogen-bond acceptors (Lipinski definition) is 2. The second kappa shape index (κ2) is 6.61. The lowest BCUT2D eigenvalue weighted by Crippen LogP contribution is -2.58. The fraction of sp³-hybridized carbons (Fsp3) is 0.846. The molecule has 18 heavy (non-hydrogen) atoms. The van der Waals surface area contributed by atoms with Gasteiger partial charge in [0.25, 0.3) is 0 Å². The molecule has 0 radical (unpaired) electrons. The second-order valence-corrected chi connectivity index (χ2v) is 5.12. The zero-order chi connectivity index (χ0) is 13.6. The Kier molecular flexibility index (Phi) is 5.44. The molecule has 0 unspecified atom stereocenters. The molecule has 0 spiro atoms. The van der Waals surface area contributed by atoms with Crippen molar-refractivity contribution in [2.45, 2.75) is 70.4 Å². The topological polar surface area (TPSA) is 78.4 Å². The third-order valence-electron chi connectivity index (χ3n) is 3.82. The summed E-state index contributed by atoms with van der Waals surface area (Å²) in [5.74, 6) is -0.960. The quantitative estimate of drug-likeness (QED) is 0.653. The van der Waals surface area contributed by atoms with E-state index in [-0.39, 0.29) is 11.6 Å². The molecule has 1 fully saturated rings. The summed E-state index contributed by atoms with van der Waals surface area (Å²) in [6.07, 6.45) is 6.22. The van der Waals surface area contributed by atoms with E-state index in [1.54, 1.807) is 0 Å². The van der Waals surface area contributed by atoms with Gasteiger partial charge in [0.05, 0.1) is 0 Å². The summed E-state index contributed by atoms with van der Waals surface area (Å²) in [5.41, 5.74) is -0.0993. The van der Waals surface area contributed by atoms with Crippen LogP contribution in [-0.2, 0) is 4.79 Å². The third kappa shape index (κ3) is 3.89. The molecule has 2 amide bonds. The number of aliphatic carboxylic acids is 1. The third-order valence-corrected chi connectivity index (χ3v) is 3.82. The highest BCUT2D eigenvalue weighted by atomic mass is 16.4. The number of carbonyl (C=O) groups excluding carboxylic acids is 1. The van der Waals surface area contributed by atoms with E-state index < -0.39 is 12.0 Å². The number of carboxylic acids is 1. The van der Waals surface area contributed by atoms with E-state index in [1.165, 1.54) is 0 Å². The highest BCUT2D eigenvalue weighted by Crippen LogP contribution is 2.34. The molecule has 1 atom stereocenters. The minimum Gasteiger partial charge on any atom is -0.480 e. The van der Waals surface area contributed by atoms with Crippen molar-refractivity contribution in [2.24, 2.45) is 0 Å². The van der Waals surface area contributed by atoms with Crippen LogP contribution in [0.1, 0.15) is 58.8 Å². The number of amides is 2. The van der Waals surface area contributed by atoms with Crippen molar-refractivity contribution in [1.29, 1.82) is 0 Å². The maximum Gasteiger partial charge on any atom is 0.326 e. The van der Waals surface area contributed by atoms with Crippen molar-refractivity contribution >= 4 is 12.0 Å². The molecule has 0 aromatic rings. The first-order chi connectivity index (χ1) is 8.53. The zero-order valence-corrected chi connectivity index (χ0v) is 11.3. The van der Waals surface area contributed by atoms with Gasteiger partial charge in [-0.25, -0.2) is 9.59 Å². The first-order valence-corrected chi connectivity index (χ1v) is 6.84. The molecule has 0 saturated heterocycles. The Morgan fingerprint density at radius 1 is 1.33 bits per heavy atom. The summed E-state index contributed by atoms with van der Waals surface area (Å²) in [5, 5.41) is 14.5. The van der Waals surface area contributed by atoms with Gasteiger partial charge in [0, 0.05) is 5.54 Å². The average molecular weight is 256 g/mol. The lowest BCUT2D eigenvalue weighted by atomic mass is 9.75. The number of urea groups is 1. The van der Waals surface area contributed by atoms with Crippen molar-refractivity contribution in [3.05, 3.63) is 0 Å². The Balaban J connectivity index is 2.43. The lowest BCUT2D eigenvalue weighted by molar-refractivity contribution is -0.139. The van der Waals surface area contributed by atoms with Gasteiger partial charge in [-0.15, -0.1) is 0 Å². The van der Waals surface area contributed by atoms with E-state index in [2.05, 4.69) is 10.6 Å². The van der Waals surface area contributed by atoms with Gasteiger partial charge < -0.3 is 15.7 Å². The van der Waals surface area contributed by atoms with Crippen LogP contribution >= 0.6 is 0 Å². The largest absolute Gasteiger partial charge is 0.480 e. The molecule has 1 rings (SSSR count). The maximum absolute atomic E-state index is 11.8. The first kappa shape index (κ1) is 14.8. The van der Waals surface area contributed by atoms with Crippen LogP contribution in [0.15, 0.2) is 0 Å². The molecule has 1 saturated carbocycles. The predicted molar refractivity (Wildman–Crippen MR) is 69.5 cm³/mol. The molecule has 0 heterocycles. The molecule has 0 aromatic heterocycles. The fourth-order valence-corrected chi connectivity index (χ4v) is 2.27. The molecule has 1 aliphatic rings.